The number of pyridine rings is 2. The van der Waals surface area contributed by atoms with E-state index in [1.807, 2.05) is 43.5 Å². The molecule has 0 radical (unpaired) electrons. The Balaban J connectivity index is 1.18. The average Bonchev–Trinajstić information content (AvgIpc) is 3.64. The van der Waals surface area contributed by atoms with Crippen LogP contribution < -0.4 is 4.90 Å². The summed E-state index contributed by atoms with van der Waals surface area (Å²) in [5, 5.41) is 12.3. The van der Waals surface area contributed by atoms with E-state index < -0.39 is 0 Å². The summed E-state index contributed by atoms with van der Waals surface area (Å²) in [6, 6.07) is 12.7. The number of carbonyl (C=O) groups is 1. The summed E-state index contributed by atoms with van der Waals surface area (Å²) in [5.74, 6) is 0.952. The quantitative estimate of drug-likeness (QED) is 0.392. The Kier molecular flexibility index (Phi) is 5.55. The van der Waals surface area contributed by atoms with Gasteiger partial charge in [0.1, 0.15) is 15.8 Å². The van der Waals surface area contributed by atoms with Gasteiger partial charge in [-0.15, -0.1) is 10.2 Å². The molecule has 2 fully saturated rings. The van der Waals surface area contributed by atoms with Gasteiger partial charge in [-0.1, -0.05) is 23.5 Å². The molecule has 4 heterocycles. The summed E-state index contributed by atoms with van der Waals surface area (Å²) in [4.78, 5) is 27.1. The summed E-state index contributed by atoms with van der Waals surface area (Å²) in [6.07, 6.45) is 6.53. The Hall–Kier alpha value is -3.23. The van der Waals surface area contributed by atoms with Crippen LogP contribution in [-0.2, 0) is 6.42 Å². The van der Waals surface area contributed by atoms with Crippen molar-refractivity contribution in [3.8, 4) is 10.6 Å². The number of hydrogen-bond acceptors (Lipinski definition) is 8. The molecule has 0 bridgehead atoms. The van der Waals surface area contributed by atoms with Gasteiger partial charge in [0.2, 0.25) is 0 Å². The molecular formula is C26H26N6OS. The maximum atomic E-state index is 13.1. The molecule has 4 aromatic rings. The second-order valence-corrected chi connectivity index (χ2v) is 10.3. The van der Waals surface area contributed by atoms with Gasteiger partial charge in [-0.25, -0.2) is 4.98 Å². The van der Waals surface area contributed by atoms with E-state index in [4.69, 9.17) is 0 Å². The number of benzene rings is 1. The van der Waals surface area contributed by atoms with Gasteiger partial charge in [0.25, 0.3) is 0 Å². The van der Waals surface area contributed by atoms with Crippen LogP contribution in [0.5, 0.6) is 0 Å². The fourth-order valence-electron chi connectivity index (χ4n) is 4.62. The number of piperazine rings is 1. The second kappa shape index (κ2) is 8.85. The lowest BCUT2D eigenvalue weighted by Gasteiger charge is -2.35. The Morgan fingerprint density at radius 1 is 1.00 bits per heavy atom. The maximum absolute atomic E-state index is 13.1. The molecule has 34 heavy (non-hydrogen) atoms. The van der Waals surface area contributed by atoms with E-state index in [9.17, 15) is 4.79 Å². The Morgan fingerprint density at radius 2 is 1.85 bits per heavy atom. The van der Waals surface area contributed by atoms with Crippen LogP contribution in [0, 0.1) is 6.92 Å². The van der Waals surface area contributed by atoms with Crippen molar-refractivity contribution < 1.29 is 4.79 Å². The molecule has 172 valence electrons. The van der Waals surface area contributed by atoms with Crippen LogP contribution in [-0.4, -0.2) is 63.1 Å². The lowest BCUT2D eigenvalue weighted by atomic mass is 10.0. The second-order valence-electron chi connectivity index (χ2n) is 9.12. The summed E-state index contributed by atoms with van der Waals surface area (Å²) in [5.41, 5.74) is 2.48. The van der Waals surface area contributed by atoms with Gasteiger partial charge < -0.3 is 4.90 Å². The van der Waals surface area contributed by atoms with Gasteiger partial charge in [0, 0.05) is 66.8 Å². The van der Waals surface area contributed by atoms with Gasteiger partial charge in [0.15, 0.2) is 5.78 Å². The molecule has 2 aliphatic rings. The fraction of sp³-hybridized carbons (Fsp3) is 0.346. The summed E-state index contributed by atoms with van der Waals surface area (Å²) in [7, 11) is 0. The van der Waals surface area contributed by atoms with Gasteiger partial charge >= 0.3 is 0 Å². The molecule has 0 N–H and O–H groups in total. The molecular weight excluding hydrogens is 444 g/mol. The fourth-order valence-corrected chi connectivity index (χ4v) is 5.30. The van der Waals surface area contributed by atoms with Crippen molar-refractivity contribution in [2.45, 2.75) is 32.2 Å². The largest absolute Gasteiger partial charge is 0.354 e. The van der Waals surface area contributed by atoms with Crippen molar-refractivity contribution in [1.29, 1.82) is 0 Å². The zero-order valence-electron chi connectivity index (χ0n) is 19.1. The van der Waals surface area contributed by atoms with E-state index in [0.717, 1.165) is 70.1 Å². The molecule has 0 atom stereocenters. The molecule has 6 rings (SSSR count). The first-order valence-corrected chi connectivity index (χ1v) is 12.6. The molecule has 1 aromatic carbocycles. The molecule has 0 amide bonds. The van der Waals surface area contributed by atoms with Crippen LogP contribution in [0.15, 0.2) is 48.8 Å². The van der Waals surface area contributed by atoms with Crippen LogP contribution in [0.2, 0.25) is 0 Å². The van der Waals surface area contributed by atoms with Crippen LogP contribution in [0.4, 0.5) is 5.82 Å². The highest BCUT2D eigenvalue weighted by Gasteiger charge is 2.31. The number of nitrogens with zero attached hydrogens (tertiary/aromatic N) is 6. The molecule has 3 aromatic heterocycles. The molecule has 7 nitrogen and oxygen atoms in total. The maximum Gasteiger partial charge on any atom is 0.169 e. The third-order valence-corrected chi connectivity index (χ3v) is 7.55. The highest BCUT2D eigenvalue weighted by Crippen LogP contribution is 2.29. The van der Waals surface area contributed by atoms with Crippen molar-refractivity contribution in [3.63, 3.8) is 0 Å². The molecule has 8 heteroatoms. The van der Waals surface area contributed by atoms with E-state index in [2.05, 4.69) is 36.0 Å². The lowest BCUT2D eigenvalue weighted by molar-refractivity contribution is 0.0992. The normalized spacial score (nSPS) is 16.8. The Bertz CT molecular complexity index is 1360. The van der Waals surface area contributed by atoms with E-state index in [-0.39, 0.29) is 12.2 Å². The molecule has 1 aliphatic carbocycles. The topological polar surface area (TPSA) is 75.1 Å². The highest BCUT2D eigenvalue weighted by atomic mass is 32.1. The van der Waals surface area contributed by atoms with Crippen LogP contribution in [0.25, 0.3) is 21.3 Å². The average molecular weight is 471 g/mol. The Labute approximate surface area is 202 Å². The van der Waals surface area contributed by atoms with Crippen molar-refractivity contribution in [2.75, 3.05) is 31.1 Å². The number of carbonyl (C=O) groups excluding carboxylic acids is 1. The van der Waals surface area contributed by atoms with E-state index in [1.165, 1.54) is 12.8 Å². The van der Waals surface area contributed by atoms with Gasteiger partial charge in [-0.3, -0.25) is 14.7 Å². The predicted molar refractivity (Wildman–Crippen MR) is 134 cm³/mol. The molecule has 0 spiro atoms. The molecule has 1 saturated carbocycles. The van der Waals surface area contributed by atoms with Crippen molar-refractivity contribution in [3.05, 3.63) is 65.1 Å². The third kappa shape index (κ3) is 4.43. The first kappa shape index (κ1) is 21.3. The predicted octanol–water partition coefficient (Wildman–Crippen LogP) is 4.17. The summed E-state index contributed by atoms with van der Waals surface area (Å²) in [6.45, 7) is 6.02. The zero-order valence-corrected chi connectivity index (χ0v) is 20.0. The number of ketones is 1. The molecule has 1 aliphatic heterocycles. The van der Waals surface area contributed by atoms with Crippen LogP contribution >= 0.6 is 11.3 Å². The first-order chi connectivity index (χ1) is 16.6. The minimum absolute atomic E-state index is 0.0584. The monoisotopic (exact) mass is 470 g/mol. The van der Waals surface area contributed by atoms with Crippen molar-refractivity contribution in [2.24, 2.45) is 0 Å². The number of fused-ring (bicyclic) bond motifs is 1. The zero-order chi connectivity index (χ0) is 23.1. The van der Waals surface area contributed by atoms with Crippen molar-refractivity contribution in [1.82, 2.24) is 25.1 Å². The van der Waals surface area contributed by atoms with E-state index >= 15 is 0 Å². The summed E-state index contributed by atoms with van der Waals surface area (Å²) >= 11 is 1.57. The highest BCUT2D eigenvalue weighted by molar-refractivity contribution is 7.14. The van der Waals surface area contributed by atoms with Gasteiger partial charge in [-0.05, 0) is 49.4 Å². The van der Waals surface area contributed by atoms with Gasteiger partial charge in [0.05, 0.1) is 6.42 Å². The molecule has 1 saturated heterocycles. The summed E-state index contributed by atoms with van der Waals surface area (Å²) < 4.78 is 0. The van der Waals surface area contributed by atoms with E-state index in [1.54, 1.807) is 17.5 Å². The Morgan fingerprint density at radius 3 is 2.62 bits per heavy atom. The number of anilines is 1. The number of hydrogen-bond donors (Lipinski definition) is 0. The van der Waals surface area contributed by atoms with E-state index in [0.29, 0.717) is 5.56 Å². The number of Topliss-reactive ketones (excluding diaryl/α,β-unsaturated/α-hetero) is 1. The van der Waals surface area contributed by atoms with Crippen LogP contribution in [0.3, 0.4) is 0 Å². The standard InChI is InChI=1S/C26H26N6OS/c1-17-29-30-26(34-17)19-2-3-20-16-28-22(13-21(20)12-19)15-24(33)18-6-7-27-25(14-18)32-10-8-31(9-11-32)23-4-5-23/h2-3,6-7,12-14,16,23H,4-5,8-11,15H2,1H3. The number of aromatic nitrogens is 4. The number of rotatable bonds is 6. The lowest BCUT2D eigenvalue weighted by Crippen LogP contribution is -2.47. The SMILES string of the molecule is Cc1nnc(-c2ccc3cnc(CC(=O)c4ccnc(N5CCN(C6CC6)CC5)c4)cc3c2)s1. The first-order valence-electron chi connectivity index (χ1n) is 11.8. The minimum atomic E-state index is 0.0584. The van der Waals surface area contributed by atoms with Crippen molar-refractivity contribution >= 4 is 33.7 Å². The van der Waals surface area contributed by atoms with Crippen LogP contribution in [0.1, 0.15) is 33.9 Å². The minimum Gasteiger partial charge on any atom is -0.354 e. The van der Waals surface area contributed by atoms with Gasteiger partial charge in [-0.2, -0.15) is 0 Å². The third-order valence-electron chi connectivity index (χ3n) is 6.66. The molecule has 0 unspecified atom stereocenters. The smallest absolute Gasteiger partial charge is 0.169 e. The number of aryl methyl sites for hydroxylation is 1.